The van der Waals surface area contributed by atoms with E-state index in [1.807, 2.05) is 0 Å². The summed E-state index contributed by atoms with van der Waals surface area (Å²) in [6, 6.07) is 0. The predicted molar refractivity (Wildman–Crippen MR) is 41.6 cm³/mol. The van der Waals surface area contributed by atoms with Crippen LogP contribution in [0.25, 0.3) is 0 Å². The molecule has 0 saturated heterocycles. The first-order valence-corrected chi connectivity index (χ1v) is 3.20. The van der Waals surface area contributed by atoms with Crippen molar-refractivity contribution in [3.8, 4) is 0 Å². The van der Waals surface area contributed by atoms with Crippen molar-refractivity contribution in [1.82, 2.24) is 0 Å². The third-order valence-corrected chi connectivity index (χ3v) is 0.754. The summed E-state index contributed by atoms with van der Waals surface area (Å²) in [6.07, 6.45) is -4.33. The Hall–Kier alpha value is -0.0557. The van der Waals surface area contributed by atoms with Crippen molar-refractivity contribution in [3.63, 3.8) is 0 Å². The fourth-order valence-corrected chi connectivity index (χ4v) is 0. The molecule has 0 bridgehead atoms. The molecule has 0 rings (SSSR count). The topological polar surface area (TPSA) is 187 Å². The van der Waals surface area contributed by atoms with Gasteiger partial charge in [0.1, 0.15) is 0 Å². The molecule has 9 heteroatoms. The van der Waals surface area contributed by atoms with Crippen molar-refractivity contribution in [1.29, 1.82) is 0 Å². The molecular weight excluding hydrogens is 248 g/mol. The summed E-state index contributed by atoms with van der Waals surface area (Å²) in [5.74, 6) is -1.44. The number of carboxylic acid groups (broad SMARTS) is 1. The van der Waals surface area contributed by atoms with Crippen LogP contribution in [0.2, 0.25) is 0 Å². The minimum absolute atomic E-state index is 0. The number of aliphatic hydroxyl groups is 3. The van der Waals surface area contributed by atoms with E-state index in [0.29, 0.717) is 0 Å². The summed E-state index contributed by atoms with van der Waals surface area (Å²) >= 11 is 0. The van der Waals surface area contributed by atoms with Crippen LogP contribution in [-0.4, -0.2) is 50.7 Å². The van der Waals surface area contributed by atoms with Crippen LogP contribution in [0.4, 0.5) is 0 Å². The van der Waals surface area contributed by atoms with E-state index in [9.17, 15) is 15.0 Å². The van der Waals surface area contributed by atoms with Crippen LogP contribution >= 0.6 is 0 Å². The Bertz CT molecular complexity index is 120. The molecule has 0 aromatic rings. The SMILES string of the molecule is CC(O)C(=O)[O-].CC(O)C([O-])O.O.O.[Ti]. The van der Waals surface area contributed by atoms with Gasteiger partial charge in [-0.05, 0) is 13.8 Å². The zero-order valence-electron chi connectivity index (χ0n) is 8.30. The molecule has 3 unspecified atom stereocenters. The van der Waals surface area contributed by atoms with Gasteiger partial charge in [0, 0.05) is 28.0 Å². The molecule has 15 heavy (non-hydrogen) atoms. The Morgan fingerprint density at radius 3 is 1.27 bits per heavy atom. The van der Waals surface area contributed by atoms with Gasteiger partial charge in [-0.1, -0.05) is 0 Å². The predicted octanol–water partition coefficient (Wildman–Crippen LogP) is -5.49. The van der Waals surface area contributed by atoms with Crippen molar-refractivity contribution in [2.24, 2.45) is 0 Å². The summed E-state index contributed by atoms with van der Waals surface area (Å²) in [7, 11) is 0. The number of hydrogen-bond donors (Lipinski definition) is 3. The quantitative estimate of drug-likeness (QED) is 0.329. The molecule has 7 N–H and O–H groups in total. The summed E-state index contributed by atoms with van der Waals surface area (Å²) in [5.41, 5.74) is 0. The van der Waals surface area contributed by atoms with E-state index < -0.39 is 24.5 Å². The number of carboxylic acids is 1. The third kappa shape index (κ3) is 31.5. The van der Waals surface area contributed by atoms with Crippen LogP contribution < -0.4 is 10.2 Å². The zero-order chi connectivity index (χ0) is 10.3. The maximum absolute atomic E-state index is 9.53. The number of aliphatic carboxylic acids is 1. The van der Waals surface area contributed by atoms with Gasteiger partial charge in [0.15, 0.2) is 0 Å². The van der Waals surface area contributed by atoms with Crippen LogP contribution in [0.1, 0.15) is 13.8 Å². The first kappa shape index (κ1) is 29.4. The summed E-state index contributed by atoms with van der Waals surface area (Å²) < 4.78 is 0. The van der Waals surface area contributed by atoms with E-state index in [2.05, 4.69) is 0 Å². The molecule has 0 amide bonds. The first-order valence-electron chi connectivity index (χ1n) is 3.20. The Labute approximate surface area is 102 Å². The van der Waals surface area contributed by atoms with E-state index in [-0.39, 0.29) is 32.7 Å². The van der Waals surface area contributed by atoms with Crippen molar-refractivity contribution < 1.29 is 63.0 Å². The number of aliphatic hydroxyl groups excluding tert-OH is 3. The molecule has 0 aliphatic rings. The number of rotatable bonds is 2. The zero-order valence-corrected chi connectivity index (χ0v) is 9.86. The summed E-state index contributed by atoms with van der Waals surface area (Å²) in [4.78, 5) is 9.34. The van der Waals surface area contributed by atoms with E-state index in [1.54, 1.807) is 0 Å². The smallest absolute Gasteiger partial charge is 0.0905 e. The fraction of sp³-hybridized carbons (Fsp3) is 0.833. The van der Waals surface area contributed by atoms with Gasteiger partial charge < -0.3 is 41.3 Å². The standard InChI is InChI=1S/C3H7O3.C3H6O3.2H2O.Ti/c2*1-2(4)3(5)6;;;/h2-5H,1H3;2,4H,1H3,(H,5,6);2*1H2;/q-1;;;;/p-1. The Balaban J connectivity index is -0.0000000370. The van der Waals surface area contributed by atoms with Crippen LogP contribution in [0.5, 0.6) is 0 Å². The molecule has 0 spiro atoms. The maximum atomic E-state index is 9.53. The van der Waals surface area contributed by atoms with Gasteiger partial charge in [-0.25, -0.2) is 0 Å². The average Bonchev–Trinajstić information content (AvgIpc) is 1.88. The normalized spacial score (nSPS) is 13.5. The monoisotopic (exact) mass is 264 g/mol. The van der Waals surface area contributed by atoms with Crippen molar-refractivity contribution in [2.45, 2.75) is 32.3 Å². The second-order valence-electron chi connectivity index (χ2n) is 2.13. The second kappa shape index (κ2) is 16.4. The van der Waals surface area contributed by atoms with Gasteiger partial charge in [-0.2, -0.15) is 0 Å². The first-order chi connectivity index (χ1) is 5.29. The van der Waals surface area contributed by atoms with Crippen LogP contribution in [0, 0.1) is 0 Å². The third-order valence-electron chi connectivity index (χ3n) is 0.754. The van der Waals surface area contributed by atoms with E-state index in [0.717, 1.165) is 6.92 Å². The molecule has 0 aromatic heterocycles. The fourth-order valence-electron chi connectivity index (χ4n) is 0. The van der Waals surface area contributed by atoms with Gasteiger partial charge in [-0.3, -0.25) is 0 Å². The molecule has 3 atom stereocenters. The number of hydrogen-bond acceptors (Lipinski definition) is 6. The molecular formula is C6H16O8Ti-2. The molecule has 0 heterocycles. The molecule has 0 fully saturated rings. The minimum Gasteiger partial charge on any atom is -0.829 e. The number of carbonyl (C=O) groups excluding carboxylic acids is 1. The number of carbonyl (C=O) groups is 1. The van der Waals surface area contributed by atoms with Gasteiger partial charge in [0.25, 0.3) is 0 Å². The molecule has 0 aliphatic heterocycles. The maximum Gasteiger partial charge on any atom is 0.0905 e. The molecule has 8 nitrogen and oxygen atoms in total. The molecule has 94 valence electrons. The van der Waals surface area contributed by atoms with Crippen LogP contribution in [0.15, 0.2) is 0 Å². The Morgan fingerprint density at radius 1 is 1.13 bits per heavy atom. The largest absolute Gasteiger partial charge is 0.829 e. The van der Waals surface area contributed by atoms with E-state index >= 15 is 0 Å². The van der Waals surface area contributed by atoms with Crippen molar-refractivity contribution in [2.75, 3.05) is 0 Å². The van der Waals surface area contributed by atoms with Gasteiger partial charge >= 0.3 is 0 Å². The molecule has 0 aliphatic carbocycles. The van der Waals surface area contributed by atoms with Gasteiger partial charge in [0.05, 0.1) is 18.2 Å². The van der Waals surface area contributed by atoms with Gasteiger partial charge in [0.2, 0.25) is 0 Å². The van der Waals surface area contributed by atoms with Gasteiger partial charge in [-0.15, -0.1) is 0 Å². The van der Waals surface area contributed by atoms with E-state index in [4.69, 9.17) is 15.3 Å². The van der Waals surface area contributed by atoms with E-state index in [1.165, 1.54) is 6.92 Å². The van der Waals surface area contributed by atoms with Crippen LogP contribution in [0.3, 0.4) is 0 Å². The molecule has 0 saturated carbocycles. The Morgan fingerprint density at radius 2 is 1.27 bits per heavy atom. The van der Waals surface area contributed by atoms with Crippen molar-refractivity contribution in [3.05, 3.63) is 0 Å². The Kier molecular flexibility index (Phi) is 32.1. The minimum atomic E-state index is -1.84. The summed E-state index contributed by atoms with van der Waals surface area (Å²) in [5, 5.41) is 42.7. The molecule has 0 aromatic carbocycles. The summed E-state index contributed by atoms with van der Waals surface area (Å²) in [6.45, 7) is 2.37. The van der Waals surface area contributed by atoms with Crippen LogP contribution in [-0.2, 0) is 26.5 Å². The molecule has 0 radical (unpaired) electrons. The average molecular weight is 264 g/mol. The van der Waals surface area contributed by atoms with Crippen molar-refractivity contribution >= 4 is 5.97 Å². The second-order valence-corrected chi connectivity index (χ2v) is 2.13.